The highest BCUT2D eigenvalue weighted by atomic mass is 35.5. The first-order valence-electron chi connectivity index (χ1n) is 6.23. The fourth-order valence-corrected chi connectivity index (χ4v) is 2.82. The second-order valence-electron chi connectivity index (χ2n) is 4.46. The van der Waals surface area contributed by atoms with Gasteiger partial charge in [0.05, 0.1) is 4.88 Å². The first-order valence-corrected chi connectivity index (χ1v) is 7.05. The van der Waals surface area contributed by atoms with E-state index in [4.69, 9.17) is 4.52 Å². The SMILES string of the molecule is CCc1cc(-c2nc(CC(C)NC)no2)sc1C.Cl. The second-order valence-corrected chi connectivity index (χ2v) is 5.71. The number of aryl methyl sites for hydroxylation is 2. The number of thiophene rings is 1. The number of hydrogen-bond acceptors (Lipinski definition) is 5. The number of aromatic nitrogens is 2. The summed E-state index contributed by atoms with van der Waals surface area (Å²) in [7, 11) is 1.93. The van der Waals surface area contributed by atoms with E-state index in [1.54, 1.807) is 11.3 Å². The molecule has 19 heavy (non-hydrogen) atoms. The molecule has 106 valence electrons. The number of likely N-dealkylation sites (N-methyl/N-ethyl adjacent to an activating group) is 1. The molecule has 0 aliphatic carbocycles. The van der Waals surface area contributed by atoms with Crippen LogP contribution >= 0.6 is 23.7 Å². The second kappa shape index (κ2) is 7.03. The van der Waals surface area contributed by atoms with Crippen molar-refractivity contribution in [2.24, 2.45) is 0 Å². The fraction of sp³-hybridized carbons (Fsp3) is 0.538. The van der Waals surface area contributed by atoms with Crippen molar-refractivity contribution in [3.63, 3.8) is 0 Å². The third-order valence-electron chi connectivity index (χ3n) is 3.06. The lowest BCUT2D eigenvalue weighted by Crippen LogP contribution is -2.24. The van der Waals surface area contributed by atoms with Gasteiger partial charge < -0.3 is 9.84 Å². The van der Waals surface area contributed by atoms with Gasteiger partial charge in [-0.15, -0.1) is 23.7 Å². The Bertz CT molecular complexity index is 524. The van der Waals surface area contributed by atoms with Crippen LogP contribution in [0.15, 0.2) is 10.6 Å². The number of halogens is 1. The summed E-state index contributed by atoms with van der Waals surface area (Å²) in [5, 5.41) is 7.19. The maximum absolute atomic E-state index is 5.33. The Morgan fingerprint density at radius 1 is 1.47 bits per heavy atom. The molecule has 0 saturated heterocycles. The molecular weight excluding hydrogens is 282 g/mol. The van der Waals surface area contributed by atoms with Gasteiger partial charge in [0.15, 0.2) is 5.82 Å². The number of nitrogens with zero attached hydrogens (tertiary/aromatic N) is 2. The topological polar surface area (TPSA) is 51.0 Å². The number of rotatable bonds is 5. The molecule has 1 N–H and O–H groups in total. The standard InChI is InChI=1S/C13H19N3OS.ClH/c1-5-10-7-11(18-9(10)3)13-15-12(16-17-13)6-8(2)14-4;/h7-8,14H,5-6H2,1-4H3;1H. The molecule has 0 spiro atoms. The van der Waals surface area contributed by atoms with Gasteiger partial charge in [-0.3, -0.25) is 0 Å². The summed E-state index contributed by atoms with van der Waals surface area (Å²) in [6.45, 7) is 6.39. The van der Waals surface area contributed by atoms with E-state index in [2.05, 4.69) is 42.3 Å². The zero-order valence-electron chi connectivity index (χ0n) is 11.7. The summed E-state index contributed by atoms with van der Waals surface area (Å²) in [4.78, 5) is 6.85. The molecule has 2 heterocycles. The van der Waals surface area contributed by atoms with Crippen LogP contribution in [0.25, 0.3) is 10.8 Å². The summed E-state index contributed by atoms with van der Waals surface area (Å²) in [6, 6.07) is 2.51. The average molecular weight is 302 g/mol. The maximum atomic E-state index is 5.33. The molecular formula is C13H20ClN3OS. The minimum atomic E-state index is 0. The van der Waals surface area contributed by atoms with E-state index in [0.29, 0.717) is 11.9 Å². The monoisotopic (exact) mass is 301 g/mol. The Hall–Kier alpha value is -0.910. The van der Waals surface area contributed by atoms with Gasteiger partial charge in [0.2, 0.25) is 0 Å². The van der Waals surface area contributed by atoms with E-state index in [1.807, 2.05) is 7.05 Å². The lowest BCUT2D eigenvalue weighted by Gasteiger charge is -2.04. The van der Waals surface area contributed by atoms with Crippen molar-refractivity contribution in [1.82, 2.24) is 15.5 Å². The Labute approximate surface area is 124 Å². The fourth-order valence-electron chi connectivity index (χ4n) is 1.79. The van der Waals surface area contributed by atoms with Gasteiger partial charge in [0.25, 0.3) is 5.89 Å². The van der Waals surface area contributed by atoms with Gasteiger partial charge in [0, 0.05) is 17.3 Å². The summed E-state index contributed by atoms with van der Waals surface area (Å²) in [6.07, 6.45) is 1.82. The van der Waals surface area contributed by atoms with E-state index >= 15 is 0 Å². The van der Waals surface area contributed by atoms with E-state index in [0.717, 1.165) is 23.5 Å². The van der Waals surface area contributed by atoms with Crippen LogP contribution in [0.4, 0.5) is 0 Å². The molecule has 1 unspecified atom stereocenters. The molecule has 2 aromatic rings. The van der Waals surface area contributed by atoms with Gasteiger partial charge in [-0.25, -0.2) is 0 Å². The minimum Gasteiger partial charge on any atom is -0.333 e. The molecule has 6 heteroatoms. The molecule has 0 bridgehead atoms. The molecule has 2 aromatic heterocycles. The Balaban J connectivity index is 0.00000180. The van der Waals surface area contributed by atoms with Crippen LogP contribution in [-0.2, 0) is 12.8 Å². The third-order valence-corrected chi connectivity index (χ3v) is 4.14. The zero-order valence-corrected chi connectivity index (χ0v) is 13.3. The molecule has 0 aromatic carbocycles. The van der Waals surface area contributed by atoms with E-state index in [-0.39, 0.29) is 12.4 Å². The van der Waals surface area contributed by atoms with Crippen LogP contribution in [0.1, 0.15) is 30.1 Å². The lowest BCUT2D eigenvalue weighted by molar-refractivity contribution is 0.419. The molecule has 0 aliphatic heterocycles. The highest BCUT2D eigenvalue weighted by Gasteiger charge is 2.14. The van der Waals surface area contributed by atoms with Crippen LogP contribution in [0.2, 0.25) is 0 Å². The van der Waals surface area contributed by atoms with Crippen LogP contribution in [0.3, 0.4) is 0 Å². The normalized spacial score (nSPS) is 12.2. The van der Waals surface area contributed by atoms with Crippen LogP contribution in [0, 0.1) is 6.92 Å². The highest BCUT2D eigenvalue weighted by molar-refractivity contribution is 7.15. The van der Waals surface area contributed by atoms with Crippen molar-refractivity contribution in [2.75, 3.05) is 7.05 Å². The van der Waals surface area contributed by atoms with Gasteiger partial charge in [-0.05, 0) is 38.9 Å². The molecule has 0 aliphatic rings. The first kappa shape index (κ1) is 16.1. The molecule has 0 radical (unpaired) electrons. The van der Waals surface area contributed by atoms with Gasteiger partial charge in [-0.1, -0.05) is 12.1 Å². The zero-order chi connectivity index (χ0) is 13.1. The average Bonchev–Trinajstić information content (AvgIpc) is 2.95. The maximum Gasteiger partial charge on any atom is 0.268 e. The largest absolute Gasteiger partial charge is 0.333 e. The minimum absolute atomic E-state index is 0. The molecule has 2 rings (SSSR count). The molecule has 0 saturated carbocycles. The molecule has 1 atom stereocenters. The predicted molar refractivity (Wildman–Crippen MR) is 81.2 cm³/mol. The van der Waals surface area contributed by atoms with Crippen molar-refractivity contribution < 1.29 is 4.52 Å². The third kappa shape index (κ3) is 3.78. The van der Waals surface area contributed by atoms with Crippen molar-refractivity contribution in [2.45, 2.75) is 39.7 Å². The van der Waals surface area contributed by atoms with Crippen molar-refractivity contribution in [1.29, 1.82) is 0 Å². The van der Waals surface area contributed by atoms with E-state index in [1.165, 1.54) is 10.4 Å². The Morgan fingerprint density at radius 2 is 2.21 bits per heavy atom. The molecule has 4 nitrogen and oxygen atoms in total. The van der Waals surface area contributed by atoms with Crippen LogP contribution in [-0.4, -0.2) is 23.2 Å². The van der Waals surface area contributed by atoms with Crippen molar-refractivity contribution >= 4 is 23.7 Å². The smallest absolute Gasteiger partial charge is 0.268 e. The molecule has 0 fully saturated rings. The first-order chi connectivity index (χ1) is 8.63. The van der Waals surface area contributed by atoms with Gasteiger partial charge in [0.1, 0.15) is 0 Å². The van der Waals surface area contributed by atoms with Crippen LogP contribution < -0.4 is 5.32 Å². The van der Waals surface area contributed by atoms with Crippen molar-refractivity contribution in [3.8, 4) is 10.8 Å². The summed E-state index contributed by atoms with van der Waals surface area (Å²) in [5.74, 6) is 1.40. The van der Waals surface area contributed by atoms with Crippen LogP contribution in [0.5, 0.6) is 0 Å². The quantitative estimate of drug-likeness (QED) is 0.921. The highest BCUT2D eigenvalue weighted by Crippen LogP contribution is 2.30. The Kier molecular flexibility index (Phi) is 5.97. The van der Waals surface area contributed by atoms with Gasteiger partial charge in [-0.2, -0.15) is 4.98 Å². The number of nitrogens with one attached hydrogen (secondary N) is 1. The Morgan fingerprint density at radius 3 is 2.79 bits per heavy atom. The predicted octanol–water partition coefficient (Wildman–Crippen LogP) is 3.24. The lowest BCUT2D eigenvalue weighted by atomic mass is 10.2. The van der Waals surface area contributed by atoms with Crippen molar-refractivity contribution in [3.05, 3.63) is 22.3 Å². The number of hydrogen-bond donors (Lipinski definition) is 1. The summed E-state index contributed by atoms with van der Waals surface area (Å²) < 4.78 is 5.33. The molecule has 0 amide bonds. The van der Waals surface area contributed by atoms with E-state index in [9.17, 15) is 0 Å². The summed E-state index contributed by atoms with van der Waals surface area (Å²) >= 11 is 1.72. The van der Waals surface area contributed by atoms with E-state index < -0.39 is 0 Å². The summed E-state index contributed by atoms with van der Waals surface area (Å²) in [5.41, 5.74) is 1.36. The van der Waals surface area contributed by atoms with Gasteiger partial charge >= 0.3 is 0 Å².